The van der Waals surface area contributed by atoms with Crippen LogP contribution in [0.3, 0.4) is 0 Å². The van der Waals surface area contributed by atoms with Gasteiger partial charge in [-0.3, -0.25) is 0 Å². The van der Waals surface area contributed by atoms with Crippen LogP contribution in [0, 0.1) is 11.8 Å². The van der Waals surface area contributed by atoms with Gasteiger partial charge in [0, 0.05) is 0 Å². The second kappa shape index (κ2) is 14.1. The number of ether oxygens (including phenoxy) is 1. The number of allylic oxidation sites excluding steroid dienone is 2. The zero-order valence-electron chi connectivity index (χ0n) is 14.7. The molecule has 0 saturated carbocycles. The van der Waals surface area contributed by atoms with Gasteiger partial charge in [-0.15, -0.1) is 0 Å². The minimum Gasteiger partial charge on any atom is -0.376 e. The Labute approximate surface area is 122 Å². The Morgan fingerprint density at radius 1 is 0.947 bits per heavy atom. The van der Waals surface area contributed by atoms with Crippen LogP contribution in [-0.4, -0.2) is 12.2 Å². The van der Waals surface area contributed by atoms with Crippen molar-refractivity contribution in [3.05, 3.63) is 12.2 Å². The van der Waals surface area contributed by atoms with Gasteiger partial charge in [0.15, 0.2) is 0 Å². The third-order valence-electron chi connectivity index (χ3n) is 3.08. The van der Waals surface area contributed by atoms with E-state index in [1.165, 1.54) is 19.3 Å². The summed E-state index contributed by atoms with van der Waals surface area (Å²) in [4.78, 5) is 0. The maximum Gasteiger partial charge on any atom is 0.0578 e. The summed E-state index contributed by atoms with van der Waals surface area (Å²) >= 11 is 0. The average Bonchev–Trinajstić information content (AvgIpc) is 2.37. The van der Waals surface area contributed by atoms with E-state index in [0.717, 1.165) is 12.3 Å². The Kier molecular flexibility index (Phi) is 15.6. The van der Waals surface area contributed by atoms with Gasteiger partial charge in [0.05, 0.1) is 12.2 Å². The minimum absolute atomic E-state index is 0.351. The molecule has 0 fully saturated rings. The summed E-state index contributed by atoms with van der Waals surface area (Å²) in [6.07, 6.45) is 10.2. The fourth-order valence-electron chi connectivity index (χ4n) is 2.05. The number of hydrogen-bond acceptors (Lipinski definition) is 1. The van der Waals surface area contributed by atoms with Crippen LogP contribution in [0.4, 0.5) is 0 Å². The zero-order valence-corrected chi connectivity index (χ0v) is 14.7. The topological polar surface area (TPSA) is 9.23 Å². The molecule has 0 aromatic heterocycles. The summed E-state index contributed by atoms with van der Waals surface area (Å²) in [6, 6.07) is 0. The molecular formula is C18H38O. The highest BCUT2D eigenvalue weighted by Gasteiger charge is 2.14. The molecule has 0 N–H and O–H groups in total. The van der Waals surface area contributed by atoms with Crippen molar-refractivity contribution in [2.24, 2.45) is 11.8 Å². The molecule has 0 aliphatic rings. The highest BCUT2D eigenvalue weighted by Crippen LogP contribution is 2.20. The van der Waals surface area contributed by atoms with Crippen LogP contribution in [0.15, 0.2) is 12.2 Å². The van der Waals surface area contributed by atoms with Crippen LogP contribution in [0.25, 0.3) is 0 Å². The average molecular weight is 271 g/mol. The van der Waals surface area contributed by atoms with E-state index in [9.17, 15) is 0 Å². The first-order chi connectivity index (χ1) is 8.99. The van der Waals surface area contributed by atoms with Crippen LogP contribution in [0.2, 0.25) is 0 Å². The highest BCUT2D eigenvalue weighted by atomic mass is 16.5. The predicted molar refractivity (Wildman–Crippen MR) is 88.6 cm³/mol. The summed E-state index contributed by atoms with van der Waals surface area (Å²) in [6.45, 7) is 17.2. The zero-order chi connectivity index (χ0) is 15.3. The monoisotopic (exact) mass is 270 g/mol. The van der Waals surface area contributed by atoms with E-state index in [0.29, 0.717) is 18.1 Å². The minimum atomic E-state index is 0.351. The van der Waals surface area contributed by atoms with Gasteiger partial charge < -0.3 is 4.74 Å². The molecule has 0 heterocycles. The second-order valence-electron chi connectivity index (χ2n) is 5.63. The molecule has 0 amide bonds. The van der Waals surface area contributed by atoms with Crippen LogP contribution in [0.1, 0.15) is 81.1 Å². The van der Waals surface area contributed by atoms with E-state index in [-0.39, 0.29) is 0 Å². The summed E-state index contributed by atoms with van der Waals surface area (Å²) in [7, 11) is 0. The maximum absolute atomic E-state index is 5.94. The first-order valence-corrected chi connectivity index (χ1v) is 8.31. The van der Waals surface area contributed by atoms with E-state index in [1.54, 1.807) is 0 Å². The summed E-state index contributed by atoms with van der Waals surface area (Å²) in [5, 5.41) is 0. The van der Waals surface area contributed by atoms with Gasteiger partial charge in [0.1, 0.15) is 0 Å². The summed E-state index contributed by atoms with van der Waals surface area (Å²) < 4.78 is 5.94. The molecule has 1 nitrogen and oxygen atoms in total. The molecule has 0 aromatic rings. The molecule has 19 heavy (non-hydrogen) atoms. The second-order valence-corrected chi connectivity index (χ2v) is 5.63. The SMILES string of the molecule is CC.CCC(C/C=C\C(C)C)CC(CC)OC(C)C. The fraction of sp³-hybridized carbons (Fsp3) is 0.889. The van der Waals surface area contributed by atoms with Crippen molar-refractivity contribution in [1.29, 1.82) is 0 Å². The lowest BCUT2D eigenvalue weighted by atomic mass is 9.93. The predicted octanol–water partition coefficient (Wildman–Crippen LogP) is 6.23. The molecule has 0 saturated heterocycles. The van der Waals surface area contributed by atoms with Crippen molar-refractivity contribution in [2.45, 2.75) is 93.3 Å². The third-order valence-corrected chi connectivity index (χ3v) is 3.08. The smallest absolute Gasteiger partial charge is 0.0578 e. The van der Waals surface area contributed by atoms with Crippen molar-refractivity contribution in [3.8, 4) is 0 Å². The molecule has 0 bridgehead atoms. The first-order valence-electron chi connectivity index (χ1n) is 8.31. The van der Waals surface area contributed by atoms with Crippen molar-refractivity contribution in [3.63, 3.8) is 0 Å². The van der Waals surface area contributed by atoms with Gasteiger partial charge in [-0.1, -0.05) is 60.1 Å². The number of hydrogen-bond donors (Lipinski definition) is 0. The Morgan fingerprint density at radius 3 is 1.89 bits per heavy atom. The van der Waals surface area contributed by atoms with Crippen LogP contribution in [0.5, 0.6) is 0 Å². The maximum atomic E-state index is 5.94. The quantitative estimate of drug-likeness (QED) is 0.451. The molecular weight excluding hydrogens is 232 g/mol. The van der Waals surface area contributed by atoms with Gasteiger partial charge in [-0.25, -0.2) is 0 Å². The molecule has 0 aliphatic heterocycles. The fourth-order valence-corrected chi connectivity index (χ4v) is 2.05. The van der Waals surface area contributed by atoms with Crippen LogP contribution in [-0.2, 0) is 4.74 Å². The van der Waals surface area contributed by atoms with Crippen LogP contribution >= 0.6 is 0 Å². The Bertz CT molecular complexity index is 194. The molecule has 1 heteroatoms. The molecule has 2 unspecified atom stereocenters. The lowest BCUT2D eigenvalue weighted by Gasteiger charge is -2.23. The van der Waals surface area contributed by atoms with Gasteiger partial charge in [-0.2, -0.15) is 0 Å². The van der Waals surface area contributed by atoms with E-state index in [4.69, 9.17) is 4.74 Å². The molecule has 0 radical (unpaired) electrons. The molecule has 2 atom stereocenters. The van der Waals surface area contributed by atoms with Crippen LogP contribution < -0.4 is 0 Å². The third kappa shape index (κ3) is 13.9. The number of rotatable bonds is 9. The molecule has 0 spiro atoms. The summed E-state index contributed by atoms with van der Waals surface area (Å²) in [5.74, 6) is 1.44. The lowest BCUT2D eigenvalue weighted by molar-refractivity contribution is -0.00758. The first kappa shape index (κ1) is 21.0. The molecule has 0 aliphatic carbocycles. The molecule has 116 valence electrons. The van der Waals surface area contributed by atoms with Crippen molar-refractivity contribution >= 4 is 0 Å². The van der Waals surface area contributed by atoms with Crippen molar-refractivity contribution in [1.82, 2.24) is 0 Å². The van der Waals surface area contributed by atoms with Gasteiger partial charge in [0.2, 0.25) is 0 Å². The van der Waals surface area contributed by atoms with Gasteiger partial charge in [-0.05, 0) is 44.9 Å². The molecule has 0 aromatic carbocycles. The Balaban J connectivity index is 0. The molecule has 0 rings (SSSR count). The van der Waals surface area contributed by atoms with Gasteiger partial charge >= 0.3 is 0 Å². The summed E-state index contributed by atoms with van der Waals surface area (Å²) in [5.41, 5.74) is 0. The van der Waals surface area contributed by atoms with E-state index in [1.807, 2.05) is 13.8 Å². The Hall–Kier alpha value is -0.300. The van der Waals surface area contributed by atoms with E-state index in [2.05, 4.69) is 53.7 Å². The van der Waals surface area contributed by atoms with E-state index < -0.39 is 0 Å². The van der Waals surface area contributed by atoms with Crippen molar-refractivity contribution in [2.75, 3.05) is 0 Å². The lowest BCUT2D eigenvalue weighted by Crippen LogP contribution is -2.20. The normalized spacial score (nSPS) is 14.6. The standard InChI is InChI=1S/C16H32O.C2H6/c1-7-15(11-9-10-13(3)4)12-16(8-2)17-14(5)6;1-2/h9-10,13-16H,7-8,11-12H2,1-6H3;1-2H3/b10-9-;. The van der Waals surface area contributed by atoms with Gasteiger partial charge in [0.25, 0.3) is 0 Å². The largest absolute Gasteiger partial charge is 0.376 e. The van der Waals surface area contributed by atoms with E-state index >= 15 is 0 Å². The van der Waals surface area contributed by atoms with Crippen molar-refractivity contribution < 1.29 is 4.74 Å². The Morgan fingerprint density at radius 2 is 1.53 bits per heavy atom. The highest BCUT2D eigenvalue weighted by molar-refractivity contribution is 4.86.